The van der Waals surface area contributed by atoms with Gasteiger partial charge in [0.15, 0.2) is 5.15 Å². The fourth-order valence-corrected chi connectivity index (χ4v) is 8.85. The van der Waals surface area contributed by atoms with Crippen LogP contribution in [-0.2, 0) is 6.42 Å². The molecular weight excluding hydrogens is 580 g/mol. The van der Waals surface area contributed by atoms with E-state index in [-0.39, 0.29) is 5.92 Å². The molecule has 5 heteroatoms. The quantitative estimate of drug-likeness (QED) is 0.187. The number of aromatic nitrogens is 2. The molecule has 44 heavy (non-hydrogen) atoms. The zero-order chi connectivity index (χ0) is 28.9. The van der Waals surface area contributed by atoms with Gasteiger partial charge in [0.1, 0.15) is 21.5 Å². The van der Waals surface area contributed by atoms with Gasteiger partial charge in [0.05, 0.1) is 5.69 Å². The largest absolute Gasteiger partial charge is 0.455 e. The van der Waals surface area contributed by atoms with Crippen molar-refractivity contribution in [2.24, 2.45) is 0 Å². The van der Waals surface area contributed by atoms with E-state index in [4.69, 9.17) is 26.0 Å². The lowest BCUT2D eigenvalue weighted by Crippen LogP contribution is -2.07. The molecule has 0 N–H and O–H groups in total. The maximum Gasteiger partial charge on any atom is 0.152 e. The first-order valence-electron chi connectivity index (χ1n) is 15.0. The maximum absolute atomic E-state index is 7.12. The number of hydrogen-bond acceptors (Lipinski definition) is 4. The Balaban J connectivity index is 1.40. The lowest BCUT2D eigenvalue weighted by molar-refractivity contribution is 0.647. The predicted molar refractivity (Wildman–Crippen MR) is 184 cm³/mol. The first-order chi connectivity index (χ1) is 21.7. The van der Waals surface area contributed by atoms with Gasteiger partial charge in [-0.2, -0.15) is 0 Å². The minimum absolute atomic E-state index is 0.112. The number of hydrogen-bond donors (Lipinski definition) is 0. The van der Waals surface area contributed by atoms with Gasteiger partial charge < -0.3 is 4.42 Å². The summed E-state index contributed by atoms with van der Waals surface area (Å²) in [7, 11) is 0. The Labute approximate surface area is 261 Å². The van der Waals surface area contributed by atoms with E-state index in [9.17, 15) is 0 Å². The second-order valence-electron chi connectivity index (χ2n) is 11.7. The van der Waals surface area contributed by atoms with E-state index in [0.29, 0.717) is 5.15 Å². The Hall–Kier alpha value is -4.77. The molecule has 1 atom stereocenters. The molecule has 0 fully saturated rings. The smallest absolute Gasteiger partial charge is 0.152 e. The molecule has 3 heterocycles. The number of thiophene rings is 1. The Morgan fingerprint density at radius 1 is 0.682 bits per heavy atom. The van der Waals surface area contributed by atoms with E-state index in [2.05, 4.69) is 109 Å². The monoisotopic (exact) mass is 602 g/mol. The van der Waals surface area contributed by atoms with Crippen molar-refractivity contribution in [2.45, 2.75) is 18.8 Å². The van der Waals surface area contributed by atoms with Crippen LogP contribution in [0.4, 0.5) is 0 Å². The van der Waals surface area contributed by atoms with Crippen molar-refractivity contribution < 1.29 is 4.42 Å². The molecule has 0 bridgehead atoms. The number of furan rings is 1. The Morgan fingerprint density at radius 2 is 1.43 bits per heavy atom. The lowest BCUT2D eigenvalue weighted by Gasteiger charge is -2.21. The average Bonchev–Trinajstić information content (AvgIpc) is 3.58. The van der Waals surface area contributed by atoms with Crippen molar-refractivity contribution in [3.05, 3.63) is 131 Å². The van der Waals surface area contributed by atoms with E-state index in [1.807, 2.05) is 0 Å². The number of halogens is 1. The summed E-state index contributed by atoms with van der Waals surface area (Å²) in [6, 6.07) is 38.9. The number of fused-ring (bicyclic) bond motifs is 15. The lowest BCUT2D eigenvalue weighted by atomic mass is 9.83. The van der Waals surface area contributed by atoms with Crippen LogP contribution >= 0.6 is 22.9 Å². The molecule has 208 valence electrons. The van der Waals surface area contributed by atoms with E-state index in [0.717, 1.165) is 67.2 Å². The summed E-state index contributed by atoms with van der Waals surface area (Å²) in [4.78, 5) is 11.2. The topological polar surface area (TPSA) is 38.9 Å². The minimum atomic E-state index is -0.112. The summed E-state index contributed by atoms with van der Waals surface area (Å²) in [5.74, 6) is -0.112. The van der Waals surface area contributed by atoms with E-state index < -0.39 is 0 Å². The molecular formula is C39H23ClN2OS. The molecule has 0 spiro atoms. The van der Waals surface area contributed by atoms with Gasteiger partial charge in [-0.15, -0.1) is 11.3 Å². The molecule has 0 amide bonds. The van der Waals surface area contributed by atoms with Crippen LogP contribution in [0.15, 0.2) is 114 Å². The summed E-state index contributed by atoms with van der Waals surface area (Å²) >= 11 is 8.77. The molecule has 3 nitrogen and oxygen atoms in total. The maximum atomic E-state index is 7.12. The standard InChI is InChI=1S/C39H23ClN2OS/c40-38-34(41-35-27-15-7-8-16-30(27)44-39(35)42-38)28-19-17-21-9-1-3-11-23(21)31-25-13-5-6-14-26(25)32-29-20-18-22-10-2-4-12-24(22)36(29)43-37(32)33(28)31/h1-16,18,20,28H,17,19H2. The van der Waals surface area contributed by atoms with Gasteiger partial charge in [0.2, 0.25) is 0 Å². The fraction of sp³-hybridized carbons (Fsp3) is 0.0769. The van der Waals surface area contributed by atoms with E-state index >= 15 is 0 Å². The van der Waals surface area contributed by atoms with Gasteiger partial charge in [-0.25, -0.2) is 9.97 Å². The molecule has 1 aliphatic carbocycles. The molecule has 1 unspecified atom stereocenters. The van der Waals surface area contributed by atoms with Gasteiger partial charge in [0, 0.05) is 37.7 Å². The summed E-state index contributed by atoms with van der Waals surface area (Å²) < 4.78 is 8.26. The van der Waals surface area contributed by atoms with Crippen molar-refractivity contribution >= 4 is 86.9 Å². The molecule has 9 aromatic rings. The third-order valence-electron chi connectivity index (χ3n) is 9.42. The number of nitrogens with zero attached hydrogens (tertiary/aromatic N) is 2. The summed E-state index contributed by atoms with van der Waals surface area (Å²) in [6.45, 7) is 0. The fourth-order valence-electron chi connectivity index (χ4n) is 7.52. The second kappa shape index (κ2) is 9.12. The van der Waals surface area contributed by atoms with Crippen LogP contribution in [0, 0.1) is 0 Å². The first-order valence-corrected chi connectivity index (χ1v) is 16.2. The van der Waals surface area contributed by atoms with Gasteiger partial charge in [-0.1, -0.05) is 109 Å². The Bertz CT molecular complexity index is 2650. The van der Waals surface area contributed by atoms with Crippen LogP contribution in [0.3, 0.4) is 0 Å². The highest BCUT2D eigenvalue weighted by atomic mass is 35.5. The van der Waals surface area contributed by atoms with Crippen molar-refractivity contribution in [2.75, 3.05) is 0 Å². The van der Waals surface area contributed by atoms with Crippen molar-refractivity contribution in [3.63, 3.8) is 0 Å². The predicted octanol–water partition coefficient (Wildman–Crippen LogP) is 11.4. The summed E-state index contributed by atoms with van der Waals surface area (Å²) in [5, 5.41) is 8.57. The van der Waals surface area contributed by atoms with Gasteiger partial charge in [0.25, 0.3) is 0 Å². The molecule has 0 aliphatic heterocycles. The third kappa shape index (κ3) is 3.33. The van der Waals surface area contributed by atoms with Gasteiger partial charge in [-0.3, -0.25) is 0 Å². The van der Waals surface area contributed by atoms with E-state index in [1.165, 1.54) is 37.5 Å². The molecule has 0 saturated carbocycles. The van der Waals surface area contributed by atoms with Crippen LogP contribution in [0.25, 0.3) is 75.0 Å². The highest BCUT2D eigenvalue weighted by Gasteiger charge is 2.33. The van der Waals surface area contributed by atoms with Crippen LogP contribution in [0.2, 0.25) is 5.15 Å². The highest BCUT2D eigenvalue weighted by Crippen LogP contribution is 2.52. The Morgan fingerprint density at radius 3 is 2.34 bits per heavy atom. The number of aryl methyl sites for hydroxylation is 1. The number of rotatable bonds is 1. The van der Waals surface area contributed by atoms with Crippen LogP contribution < -0.4 is 0 Å². The normalized spacial score (nSPS) is 15.0. The zero-order valence-corrected chi connectivity index (χ0v) is 25.0. The van der Waals surface area contributed by atoms with Crippen LogP contribution in [0.1, 0.15) is 29.2 Å². The van der Waals surface area contributed by atoms with Crippen LogP contribution in [0.5, 0.6) is 0 Å². The van der Waals surface area contributed by atoms with Crippen molar-refractivity contribution in [1.82, 2.24) is 9.97 Å². The Kier molecular flexibility index (Phi) is 5.11. The highest BCUT2D eigenvalue weighted by molar-refractivity contribution is 7.25. The molecule has 0 saturated heterocycles. The molecule has 1 aliphatic rings. The van der Waals surface area contributed by atoms with Crippen LogP contribution in [-0.4, -0.2) is 9.97 Å². The van der Waals surface area contributed by atoms with E-state index in [1.54, 1.807) is 11.3 Å². The zero-order valence-electron chi connectivity index (χ0n) is 23.5. The van der Waals surface area contributed by atoms with Crippen molar-refractivity contribution in [3.8, 4) is 11.1 Å². The molecule has 0 radical (unpaired) electrons. The van der Waals surface area contributed by atoms with Gasteiger partial charge >= 0.3 is 0 Å². The molecule has 10 rings (SSSR count). The van der Waals surface area contributed by atoms with Gasteiger partial charge in [-0.05, 0) is 57.8 Å². The average molecular weight is 603 g/mol. The summed E-state index contributed by atoms with van der Waals surface area (Å²) in [6.07, 6.45) is 1.74. The molecule has 3 aromatic heterocycles. The SMILES string of the molecule is Clc1nc2sc3ccccc3c2nc1C1CCc2ccccc2-c2c1c1oc3c4ccccc4ccc3c1c1ccccc21. The van der Waals surface area contributed by atoms with Crippen molar-refractivity contribution in [1.29, 1.82) is 0 Å². The second-order valence-corrected chi connectivity index (χ2v) is 13.1. The first kappa shape index (κ1) is 24.6. The molecule has 6 aromatic carbocycles. The third-order valence-corrected chi connectivity index (χ3v) is 10.8. The summed E-state index contributed by atoms with van der Waals surface area (Å²) in [5.41, 5.74) is 8.51. The minimum Gasteiger partial charge on any atom is -0.455 e. The number of benzene rings is 6.